The van der Waals surface area contributed by atoms with E-state index < -0.39 is 5.91 Å². The quantitative estimate of drug-likeness (QED) is 0.850. The second kappa shape index (κ2) is 7.40. The average Bonchev–Trinajstić information content (AvgIpc) is 2.52. The van der Waals surface area contributed by atoms with Gasteiger partial charge in [-0.1, -0.05) is 29.8 Å². The number of pyridine rings is 1. The van der Waals surface area contributed by atoms with Gasteiger partial charge in [-0.25, -0.2) is 0 Å². The number of rotatable bonds is 4. The summed E-state index contributed by atoms with van der Waals surface area (Å²) in [5, 5.41) is 0.629. The molecule has 2 aromatic rings. The molecule has 0 spiro atoms. The summed E-state index contributed by atoms with van der Waals surface area (Å²) in [5.74, 6) is -0.693. The molecule has 0 bridgehead atoms. The number of nitrogens with one attached hydrogen (secondary N) is 2. The van der Waals surface area contributed by atoms with Crippen LogP contribution in [0.4, 0.5) is 0 Å². The van der Waals surface area contributed by atoms with Gasteiger partial charge in [-0.3, -0.25) is 25.4 Å². The van der Waals surface area contributed by atoms with Crippen molar-refractivity contribution in [3.63, 3.8) is 0 Å². The third-order valence-electron chi connectivity index (χ3n) is 2.82. The first-order chi connectivity index (χ1) is 10.2. The molecular weight excluding hydrogens is 290 g/mol. The third kappa shape index (κ3) is 4.57. The number of aryl methyl sites for hydroxylation is 1. The monoisotopic (exact) mass is 303 g/mol. The lowest BCUT2D eigenvalue weighted by Crippen LogP contribution is -2.41. The molecule has 5 nitrogen and oxygen atoms in total. The summed E-state index contributed by atoms with van der Waals surface area (Å²) in [6.07, 6.45) is 3.73. The summed E-state index contributed by atoms with van der Waals surface area (Å²) >= 11 is 6.01. The number of hydrogen-bond donors (Lipinski definition) is 2. The molecule has 0 saturated carbocycles. The Bertz CT molecular complexity index is 632. The van der Waals surface area contributed by atoms with Crippen LogP contribution in [0.2, 0.25) is 5.02 Å². The molecule has 0 aliphatic heterocycles. The van der Waals surface area contributed by atoms with Gasteiger partial charge < -0.3 is 0 Å². The topological polar surface area (TPSA) is 71.1 Å². The van der Waals surface area contributed by atoms with Crippen LogP contribution in [0.1, 0.15) is 22.3 Å². The summed E-state index contributed by atoms with van der Waals surface area (Å²) in [5.41, 5.74) is 5.97. The highest BCUT2D eigenvalue weighted by Crippen LogP contribution is 2.16. The smallest absolute Gasteiger partial charge is 0.271 e. The summed E-state index contributed by atoms with van der Waals surface area (Å²) in [7, 11) is 0. The molecule has 0 saturated heterocycles. The normalized spacial score (nSPS) is 9.95. The van der Waals surface area contributed by atoms with Crippen molar-refractivity contribution in [3.05, 3.63) is 64.9 Å². The van der Waals surface area contributed by atoms with Crippen LogP contribution in [0.15, 0.2) is 48.8 Å². The van der Waals surface area contributed by atoms with Crippen molar-refractivity contribution in [1.29, 1.82) is 0 Å². The van der Waals surface area contributed by atoms with Crippen molar-refractivity contribution in [1.82, 2.24) is 15.8 Å². The molecule has 0 unspecified atom stereocenters. The van der Waals surface area contributed by atoms with E-state index in [0.29, 0.717) is 17.0 Å². The number of hydrazine groups is 1. The minimum Gasteiger partial charge on any atom is -0.273 e. The molecule has 0 atom stereocenters. The Kier molecular flexibility index (Phi) is 5.29. The lowest BCUT2D eigenvalue weighted by atomic mass is 10.1. The van der Waals surface area contributed by atoms with Gasteiger partial charge in [0.25, 0.3) is 5.91 Å². The SMILES string of the molecule is O=C(CCc1ccccc1Cl)NNC(=O)c1cccnc1. The zero-order valence-electron chi connectivity index (χ0n) is 11.2. The van der Waals surface area contributed by atoms with Gasteiger partial charge in [0.05, 0.1) is 5.56 Å². The average molecular weight is 304 g/mol. The first kappa shape index (κ1) is 15.0. The number of benzene rings is 1. The summed E-state index contributed by atoms with van der Waals surface area (Å²) in [6, 6.07) is 10.6. The lowest BCUT2D eigenvalue weighted by Gasteiger charge is -2.07. The number of nitrogens with zero attached hydrogens (tertiary/aromatic N) is 1. The van der Waals surface area contributed by atoms with E-state index in [1.165, 1.54) is 6.20 Å². The van der Waals surface area contributed by atoms with Gasteiger partial charge in [-0.15, -0.1) is 0 Å². The Morgan fingerprint density at radius 2 is 1.90 bits per heavy atom. The molecule has 1 aromatic heterocycles. The van der Waals surface area contributed by atoms with E-state index in [2.05, 4.69) is 15.8 Å². The van der Waals surface area contributed by atoms with Crippen molar-refractivity contribution in [3.8, 4) is 0 Å². The Morgan fingerprint density at radius 3 is 2.62 bits per heavy atom. The van der Waals surface area contributed by atoms with Crippen LogP contribution >= 0.6 is 11.6 Å². The predicted molar refractivity (Wildman–Crippen MR) is 79.6 cm³/mol. The molecule has 108 valence electrons. The highest BCUT2D eigenvalue weighted by molar-refractivity contribution is 6.31. The van der Waals surface area contributed by atoms with Gasteiger partial charge in [0.2, 0.25) is 5.91 Å². The first-order valence-corrected chi connectivity index (χ1v) is 6.77. The van der Waals surface area contributed by atoms with Gasteiger partial charge >= 0.3 is 0 Å². The van der Waals surface area contributed by atoms with Gasteiger partial charge in [0, 0.05) is 23.8 Å². The largest absolute Gasteiger partial charge is 0.273 e. The zero-order chi connectivity index (χ0) is 15.1. The predicted octanol–water partition coefficient (Wildman–Crippen LogP) is 2.13. The van der Waals surface area contributed by atoms with Gasteiger partial charge in [-0.2, -0.15) is 0 Å². The van der Waals surface area contributed by atoms with Crippen molar-refractivity contribution in [2.24, 2.45) is 0 Å². The molecule has 0 fully saturated rings. The summed E-state index contributed by atoms with van der Waals surface area (Å²) in [6.45, 7) is 0. The molecule has 21 heavy (non-hydrogen) atoms. The fourth-order valence-corrected chi connectivity index (χ4v) is 1.94. The molecular formula is C15H14ClN3O2. The molecule has 0 aliphatic rings. The van der Waals surface area contributed by atoms with Crippen LogP contribution in [-0.4, -0.2) is 16.8 Å². The first-order valence-electron chi connectivity index (χ1n) is 6.39. The van der Waals surface area contributed by atoms with Crippen molar-refractivity contribution in [2.45, 2.75) is 12.8 Å². The molecule has 0 aliphatic carbocycles. The van der Waals surface area contributed by atoms with E-state index in [1.807, 2.05) is 18.2 Å². The number of hydrogen-bond acceptors (Lipinski definition) is 3. The fraction of sp³-hybridized carbons (Fsp3) is 0.133. The Hall–Kier alpha value is -2.40. The van der Waals surface area contributed by atoms with Crippen LogP contribution in [0.5, 0.6) is 0 Å². The van der Waals surface area contributed by atoms with Gasteiger partial charge in [-0.05, 0) is 30.2 Å². The van der Waals surface area contributed by atoms with E-state index >= 15 is 0 Å². The van der Waals surface area contributed by atoms with Crippen molar-refractivity contribution in [2.75, 3.05) is 0 Å². The highest BCUT2D eigenvalue weighted by Gasteiger charge is 2.08. The Labute approximate surface area is 127 Å². The fourth-order valence-electron chi connectivity index (χ4n) is 1.71. The van der Waals surface area contributed by atoms with E-state index in [-0.39, 0.29) is 12.3 Å². The number of carbonyl (C=O) groups is 2. The molecule has 0 radical (unpaired) electrons. The molecule has 2 amide bonds. The van der Waals surface area contributed by atoms with Crippen LogP contribution in [0.3, 0.4) is 0 Å². The molecule has 1 heterocycles. The second-order valence-corrected chi connectivity index (χ2v) is 4.74. The Balaban J connectivity index is 1.78. The van der Waals surface area contributed by atoms with Crippen molar-refractivity contribution >= 4 is 23.4 Å². The minimum atomic E-state index is -0.408. The number of halogens is 1. The standard InChI is InChI=1S/C15H14ClN3O2/c16-13-6-2-1-4-11(13)7-8-14(20)18-19-15(21)12-5-3-9-17-10-12/h1-6,9-10H,7-8H2,(H,18,20)(H,19,21). The van der Waals surface area contributed by atoms with E-state index in [0.717, 1.165) is 5.56 Å². The van der Waals surface area contributed by atoms with E-state index in [1.54, 1.807) is 24.4 Å². The van der Waals surface area contributed by atoms with Gasteiger partial charge in [0.15, 0.2) is 0 Å². The van der Waals surface area contributed by atoms with Crippen LogP contribution in [0.25, 0.3) is 0 Å². The highest BCUT2D eigenvalue weighted by atomic mass is 35.5. The lowest BCUT2D eigenvalue weighted by molar-refractivity contribution is -0.121. The summed E-state index contributed by atoms with van der Waals surface area (Å²) < 4.78 is 0. The summed E-state index contributed by atoms with van der Waals surface area (Å²) in [4.78, 5) is 27.2. The van der Waals surface area contributed by atoms with E-state index in [4.69, 9.17) is 11.6 Å². The molecule has 2 rings (SSSR count). The molecule has 6 heteroatoms. The molecule has 1 aromatic carbocycles. The van der Waals surface area contributed by atoms with Crippen LogP contribution in [0, 0.1) is 0 Å². The number of amides is 2. The van der Waals surface area contributed by atoms with Crippen LogP contribution < -0.4 is 10.9 Å². The number of carbonyl (C=O) groups excluding carboxylic acids is 2. The van der Waals surface area contributed by atoms with E-state index in [9.17, 15) is 9.59 Å². The van der Waals surface area contributed by atoms with Crippen molar-refractivity contribution < 1.29 is 9.59 Å². The second-order valence-electron chi connectivity index (χ2n) is 4.34. The van der Waals surface area contributed by atoms with Crippen LogP contribution in [-0.2, 0) is 11.2 Å². The maximum absolute atomic E-state index is 11.7. The maximum atomic E-state index is 11.7. The number of aromatic nitrogens is 1. The maximum Gasteiger partial charge on any atom is 0.271 e. The zero-order valence-corrected chi connectivity index (χ0v) is 11.9. The minimum absolute atomic E-state index is 0.233. The third-order valence-corrected chi connectivity index (χ3v) is 3.19. The Morgan fingerprint density at radius 1 is 1.10 bits per heavy atom. The van der Waals surface area contributed by atoms with Gasteiger partial charge in [0.1, 0.15) is 0 Å². The molecule has 2 N–H and O–H groups in total.